The largest absolute Gasteiger partial charge is 0.329 e. The van der Waals surface area contributed by atoms with E-state index in [1.54, 1.807) is 0 Å². The van der Waals surface area contributed by atoms with Gasteiger partial charge in [-0.15, -0.1) is 0 Å². The van der Waals surface area contributed by atoms with Crippen LogP contribution in [0.15, 0.2) is 47.6 Å². The number of aliphatic imine (C=N–C) groups is 1. The molecule has 1 aliphatic heterocycles. The molecule has 60 valence electrons. The van der Waals surface area contributed by atoms with Crippen molar-refractivity contribution in [3.05, 3.63) is 42.6 Å². The Kier molecular flexibility index (Phi) is 1.90. The van der Waals surface area contributed by atoms with Crippen molar-refractivity contribution < 1.29 is 0 Å². The van der Waals surface area contributed by atoms with E-state index in [0.717, 1.165) is 6.54 Å². The van der Waals surface area contributed by atoms with Crippen LogP contribution in [0.3, 0.4) is 0 Å². The molecule has 0 saturated heterocycles. The quantitative estimate of drug-likeness (QED) is 0.610. The van der Waals surface area contributed by atoms with Crippen molar-refractivity contribution in [2.45, 2.75) is 0 Å². The summed E-state index contributed by atoms with van der Waals surface area (Å²) in [6.45, 7) is 0.910. The molecular formula is C10H10N2. The predicted molar refractivity (Wildman–Crippen MR) is 51.4 cm³/mol. The highest BCUT2D eigenvalue weighted by molar-refractivity contribution is 5.80. The van der Waals surface area contributed by atoms with Crippen LogP contribution < -0.4 is 4.90 Å². The number of benzene rings is 1. The number of nitrogens with zero attached hydrogens (tertiary/aromatic N) is 2. The predicted octanol–water partition coefficient (Wildman–Crippen LogP) is 2.05. The van der Waals surface area contributed by atoms with Gasteiger partial charge in [-0.3, -0.25) is 0 Å². The lowest BCUT2D eigenvalue weighted by Gasteiger charge is -2.18. The lowest BCUT2D eigenvalue weighted by molar-refractivity contribution is 1.13. The Hall–Kier alpha value is -1.57. The van der Waals surface area contributed by atoms with E-state index in [0.29, 0.717) is 0 Å². The van der Waals surface area contributed by atoms with E-state index in [4.69, 9.17) is 0 Å². The zero-order valence-corrected chi connectivity index (χ0v) is 6.72. The van der Waals surface area contributed by atoms with Crippen LogP contribution in [0.5, 0.6) is 0 Å². The average Bonchev–Trinajstić information content (AvgIpc) is 2.21. The normalized spacial score (nSPS) is 15.2. The molecular weight excluding hydrogens is 148 g/mol. The van der Waals surface area contributed by atoms with E-state index >= 15 is 0 Å². The summed E-state index contributed by atoms with van der Waals surface area (Å²) < 4.78 is 0. The Morgan fingerprint density at radius 1 is 1.17 bits per heavy atom. The Labute approximate surface area is 71.9 Å². The van der Waals surface area contributed by atoms with Crippen LogP contribution in [0.1, 0.15) is 0 Å². The summed E-state index contributed by atoms with van der Waals surface area (Å²) in [5, 5.41) is 0. The zero-order valence-electron chi connectivity index (χ0n) is 6.72. The topological polar surface area (TPSA) is 15.6 Å². The van der Waals surface area contributed by atoms with Gasteiger partial charge in [-0.25, -0.2) is 4.99 Å². The van der Waals surface area contributed by atoms with Gasteiger partial charge in [-0.05, 0) is 18.2 Å². The van der Waals surface area contributed by atoms with Gasteiger partial charge in [-0.1, -0.05) is 18.2 Å². The minimum atomic E-state index is 0.910. The third kappa shape index (κ3) is 1.37. The van der Waals surface area contributed by atoms with Crippen LogP contribution in [0.4, 0.5) is 5.69 Å². The highest BCUT2D eigenvalue weighted by Crippen LogP contribution is 2.12. The van der Waals surface area contributed by atoms with Crippen molar-refractivity contribution in [1.29, 1.82) is 0 Å². The molecule has 0 amide bonds. The lowest BCUT2D eigenvalue weighted by atomic mass is 10.3. The molecule has 0 atom stereocenters. The molecule has 0 bridgehead atoms. The van der Waals surface area contributed by atoms with Gasteiger partial charge in [0.15, 0.2) is 0 Å². The van der Waals surface area contributed by atoms with Crippen LogP contribution in [-0.4, -0.2) is 12.9 Å². The second-order valence-corrected chi connectivity index (χ2v) is 2.64. The molecule has 0 fully saturated rings. The molecule has 0 radical (unpaired) electrons. The Bertz CT molecular complexity index is 301. The highest BCUT2D eigenvalue weighted by atomic mass is 15.2. The molecule has 0 unspecified atom stereocenters. The molecule has 0 saturated carbocycles. The first-order valence-electron chi connectivity index (χ1n) is 3.97. The van der Waals surface area contributed by atoms with Crippen LogP contribution >= 0.6 is 0 Å². The van der Waals surface area contributed by atoms with Gasteiger partial charge in [-0.2, -0.15) is 0 Å². The molecule has 0 N–H and O–H groups in total. The molecule has 1 aromatic carbocycles. The van der Waals surface area contributed by atoms with Crippen molar-refractivity contribution >= 4 is 12.0 Å². The van der Waals surface area contributed by atoms with E-state index in [2.05, 4.69) is 22.0 Å². The maximum Gasteiger partial charge on any atom is 0.0952 e. The van der Waals surface area contributed by atoms with Crippen molar-refractivity contribution in [1.82, 2.24) is 0 Å². The second kappa shape index (κ2) is 3.22. The summed E-state index contributed by atoms with van der Waals surface area (Å²) in [4.78, 5) is 6.15. The third-order valence-electron chi connectivity index (χ3n) is 1.79. The summed E-state index contributed by atoms with van der Waals surface area (Å²) in [6.07, 6.45) is 5.70. The van der Waals surface area contributed by atoms with Gasteiger partial charge in [0.2, 0.25) is 0 Å². The van der Waals surface area contributed by atoms with E-state index in [-0.39, 0.29) is 0 Å². The van der Waals surface area contributed by atoms with E-state index < -0.39 is 0 Å². The minimum Gasteiger partial charge on any atom is -0.329 e. The van der Waals surface area contributed by atoms with Crippen LogP contribution in [0, 0.1) is 0 Å². The fourth-order valence-electron chi connectivity index (χ4n) is 1.18. The van der Waals surface area contributed by atoms with Gasteiger partial charge in [0.25, 0.3) is 0 Å². The molecule has 0 aliphatic carbocycles. The molecule has 1 aliphatic rings. The monoisotopic (exact) mass is 158 g/mol. The van der Waals surface area contributed by atoms with Gasteiger partial charge in [0.05, 0.1) is 6.34 Å². The second-order valence-electron chi connectivity index (χ2n) is 2.64. The summed E-state index contributed by atoms with van der Waals surface area (Å²) >= 11 is 0. The number of hydrogen-bond donors (Lipinski definition) is 0. The molecule has 0 aromatic heterocycles. The number of hydrogen-bond acceptors (Lipinski definition) is 2. The van der Waals surface area contributed by atoms with Gasteiger partial charge in [0.1, 0.15) is 0 Å². The van der Waals surface area contributed by atoms with E-state index in [1.807, 2.05) is 36.8 Å². The molecule has 2 heteroatoms. The molecule has 12 heavy (non-hydrogen) atoms. The van der Waals surface area contributed by atoms with E-state index in [1.165, 1.54) is 5.69 Å². The van der Waals surface area contributed by atoms with Gasteiger partial charge in [0, 0.05) is 18.4 Å². The fraction of sp³-hybridized carbons (Fsp3) is 0.100. The maximum absolute atomic E-state index is 4.06. The average molecular weight is 158 g/mol. The fourth-order valence-corrected chi connectivity index (χ4v) is 1.18. The summed E-state index contributed by atoms with van der Waals surface area (Å²) in [5.41, 5.74) is 1.19. The Balaban J connectivity index is 2.21. The molecule has 2 nitrogen and oxygen atoms in total. The summed E-state index contributed by atoms with van der Waals surface area (Å²) in [5.74, 6) is 0. The minimum absolute atomic E-state index is 0.910. The molecule has 1 heterocycles. The number of rotatable bonds is 1. The summed E-state index contributed by atoms with van der Waals surface area (Å²) in [7, 11) is 0. The van der Waals surface area contributed by atoms with Crippen molar-refractivity contribution in [3.8, 4) is 0 Å². The lowest BCUT2D eigenvalue weighted by Crippen LogP contribution is -2.22. The smallest absolute Gasteiger partial charge is 0.0952 e. The molecule has 2 rings (SSSR count). The van der Waals surface area contributed by atoms with Crippen LogP contribution in [-0.2, 0) is 0 Å². The third-order valence-corrected chi connectivity index (χ3v) is 1.79. The van der Waals surface area contributed by atoms with Crippen molar-refractivity contribution in [3.63, 3.8) is 0 Å². The number of para-hydroxylation sites is 1. The Morgan fingerprint density at radius 3 is 2.67 bits per heavy atom. The highest BCUT2D eigenvalue weighted by Gasteiger charge is 2.01. The number of anilines is 1. The van der Waals surface area contributed by atoms with Gasteiger partial charge >= 0.3 is 0 Å². The molecule has 1 aromatic rings. The first kappa shape index (κ1) is 7.10. The first-order valence-corrected chi connectivity index (χ1v) is 3.97. The Morgan fingerprint density at radius 2 is 2.00 bits per heavy atom. The van der Waals surface area contributed by atoms with E-state index in [9.17, 15) is 0 Å². The summed E-state index contributed by atoms with van der Waals surface area (Å²) in [6, 6.07) is 10.2. The zero-order chi connectivity index (χ0) is 8.23. The van der Waals surface area contributed by atoms with Crippen LogP contribution in [0.2, 0.25) is 0 Å². The first-order chi connectivity index (χ1) is 5.97. The molecule has 0 spiro atoms. The van der Waals surface area contributed by atoms with Gasteiger partial charge < -0.3 is 4.90 Å². The SMILES string of the molecule is C1=CN=CN(c2ccccc2)C1. The standard InChI is InChI=1S/C10H10N2/c1-2-5-10(6-3-1)12-8-4-7-11-9-12/h1-7,9H,8H2. The van der Waals surface area contributed by atoms with Crippen molar-refractivity contribution in [2.24, 2.45) is 4.99 Å². The van der Waals surface area contributed by atoms with Crippen molar-refractivity contribution in [2.75, 3.05) is 11.4 Å². The van der Waals surface area contributed by atoms with Crippen LogP contribution in [0.25, 0.3) is 0 Å². The maximum atomic E-state index is 4.06.